The van der Waals surface area contributed by atoms with E-state index in [4.69, 9.17) is 0 Å². The van der Waals surface area contributed by atoms with Crippen LogP contribution >= 0.6 is 0 Å². The van der Waals surface area contributed by atoms with Crippen LogP contribution in [-0.4, -0.2) is 52.7 Å². The lowest BCUT2D eigenvalue weighted by molar-refractivity contribution is 0.451. The van der Waals surface area contributed by atoms with Crippen LogP contribution in [0, 0.1) is 0 Å². The van der Waals surface area contributed by atoms with Crippen molar-refractivity contribution in [1.82, 2.24) is 0 Å². The first-order chi connectivity index (χ1) is 21.9. The van der Waals surface area contributed by atoms with Crippen LogP contribution in [0.2, 0.25) is 78.6 Å². The molecule has 0 spiro atoms. The number of fused-ring (bicyclic) bond motifs is 8. The molecule has 4 aromatic carbocycles. The Kier molecular flexibility index (Phi) is 9.34. The predicted molar refractivity (Wildman–Crippen MR) is 216 cm³/mol. The topological polar surface area (TPSA) is 80.9 Å². The number of hydrogen-bond donors (Lipinski definition) is 4. The Morgan fingerprint density at radius 3 is 0.521 bits per heavy atom. The first-order valence-electron chi connectivity index (χ1n) is 17.3. The van der Waals surface area contributed by atoms with Crippen molar-refractivity contribution in [3.8, 4) is 23.0 Å². The minimum atomic E-state index is -1.81. The van der Waals surface area contributed by atoms with E-state index in [-0.39, 0.29) is 23.0 Å². The van der Waals surface area contributed by atoms with Crippen LogP contribution in [-0.2, 0) is 25.7 Å². The normalized spacial score (nSPS) is 14.2. The van der Waals surface area contributed by atoms with Gasteiger partial charge in [-0.3, -0.25) is 0 Å². The maximum absolute atomic E-state index is 11.9. The number of hydrogen-bond acceptors (Lipinski definition) is 4. The van der Waals surface area contributed by atoms with E-state index in [1.807, 2.05) is 0 Å². The number of rotatable bonds is 4. The standard InChI is InChI=1S/C40H56O4Si4/c1-45(2,3)33-17-25-13-27-19-34(46(4,5)6)21-29(38(27)42)15-31-23-36(48(10,11)12)24-32(40(31)44)16-30-22-35(47(7,8)9)20-28(39(30)43)14-26(18-33)37(25)41/h17-24,41-44H,13-16H2,1-12H3. The van der Waals surface area contributed by atoms with Crippen LogP contribution in [0.5, 0.6) is 23.0 Å². The highest BCUT2D eigenvalue weighted by atomic mass is 28.3. The maximum atomic E-state index is 11.9. The average molecular weight is 713 g/mol. The minimum absolute atomic E-state index is 0.241. The quantitative estimate of drug-likeness (QED) is 0.147. The molecule has 0 saturated heterocycles. The van der Waals surface area contributed by atoms with Crippen molar-refractivity contribution in [1.29, 1.82) is 0 Å². The predicted octanol–water partition coefficient (Wildman–Crippen LogP) is 7.37. The van der Waals surface area contributed by atoms with E-state index >= 15 is 0 Å². The zero-order valence-corrected chi connectivity index (χ0v) is 35.2. The molecule has 0 amide bonds. The summed E-state index contributed by atoms with van der Waals surface area (Å²) in [5, 5.41) is 52.7. The van der Waals surface area contributed by atoms with Gasteiger partial charge in [0.2, 0.25) is 0 Å². The second-order valence-corrected chi connectivity index (χ2v) is 38.6. The molecule has 0 aromatic heterocycles. The SMILES string of the molecule is C[Si](C)(C)c1cc2c(O)c(c1)Cc1cc([Si](C)(C)C)cc(c1O)Cc1cc([Si](C)(C)C)cc(c1O)Cc1cc([Si](C)(C)C)cc(c1O)C2. The molecule has 8 heteroatoms. The van der Waals surface area contributed by atoms with E-state index in [1.165, 1.54) is 20.7 Å². The van der Waals surface area contributed by atoms with Gasteiger partial charge >= 0.3 is 0 Å². The van der Waals surface area contributed by atoms with Crippen LogP contribution < -0.4 is 20.7 Å². The zero-order valence-electron chi connectivity index (χ0n) is 31.2. The highest BCUT2D eigenvalue weighted by molar-refractivity contribution is 6.90. The third-order valence-corrected chi connectivity index (χ3v) is 18.1. The maximum Gasteiger partial charge on any atom is 0.122 e. The summed E-state index contributed by atoms with van der Waals surface area (Å²) < 4.78 is 0. The third kappa shape index (κ3) is 7.42. The van der Waals surface area contributed by atoms with Gasteiger partial charge in [0.25, 0.3) is 0 Å². The van der Waals surface area contributed by atoms with Gasteiger partial charge < -0.3 is 20.4 Å². The van der Waals surface area contributed by atoms with Crippen LogP contribution in [0.1, 0.15) is 44.5 Å². The van der Waals surface area contributed by atoms with E-state index in [9.17, 15) is 20.4 Å². The van der Waals surface area contributed by atoms with Gasteiger partial charge in [0, 0.05) is 25.7 Å². The molecule has 1 aliphatic rings. The Bertz CT molecular complexity index is 1530. The highest BCUT2D eigenvalue weighted by Crippen LogP contribution is 2.37. The van der Waals surface area contributed by atoms with Gasteiger partial charge in [-0.1, -0.05) is 148 Å². The van der Waals surface area contributed by atoms with Gasteiger partial charge in [-0.2, -0.15) is 0 Å². The van der Waals surface area contributed by atoms with E-state index in [2.05, 4.69) is 127 Å². The van der Waals surface area contributed by atoms with Gasteiger partial charge in [-0.25, -0.2) is 0 Å². The fourth-order valence-corrected chi connectivity index (χ4v) is 11.5. The van der Waals surface area contributed by atoms with Crippen LogP contribution in [0.15, 0.2) is 48.5 Å². The average Bonchev–Trinajstić information content (AvgIpc) is 2.93. The molecule has 0 radical (unpaired) electrons. The van der Waals surface area contributed by atoms with Crippen LogP contribution in [0.25, 0.3) is 0 Å². The molecule has 0 fully saturated rings. The van der Waals surface area contributed by atoms with E-state index < -0.39 is 32.3 Å². The summed E-state index contributed by atoms with van der Waals surface area (Å²) in [4.78, 5) is 0. The Morgan fingerprint density at radius 2 is 0.417 bits per heavy atom. The van der Waals surface area contributed by atoms with E-state index in [0.29, 0.717) is 25.7 Å². The second-order valence-electron chi connectivity index (χ2n) is 18.3. The summed E-state index contributed by atoms with van der Waals surface area (Å²) in [6.07, 6.45) is 1.58. The van der Waals surface area contributed by atoms with E-state index in [1.54, 1.807) is 0 Å². The molecule has 0 saturated carbocycles. The Morgan fingerprint density at radius 1 is 0.292 bits per heavy atom. The zero-order chi connectivity index (χ0) is 35.7. The van der Waals surface area contributed by atoms with Crippen LogP contribution in [0.3, 0.4) is 0 Å². The number of benzene rings is 4. The number of phenols is 4. The molecule has 48 heavy (non-hydrogen) atoms. The molecule has 4 nitrogen and oxygen atoms in total. The highest BCUT2D eigenvalue weighted by Gasteiger charge is 2.28. The van der Waals surface area contributed by atoms with Crippen LogP contribution in [0.4, 0.5) is 0 Å². The number of phenolic OH excluding ortho intramolecular Hbond substituents is 4. The first kappa shape index (κ1) is 36.2. The monoisotopic (exact) mass is 712 g/mol. The summed E-state index contributed by atoms with van der Waals surface area (Å²) in [6, 6.07) is 17.2. The third-order valence-electron chi connectivity index (χ3n) is 10.1. The van der Waals surface area contributed by atoms with Gasteiger partial charge in [-0.05, 0) is 44.5 Å². The van der Waals surface area contributed by atoms with Crippen molar-refractivity contribution in [3.63, 3.8) is 0 Å². The van der Waals surface area contributed by atoms with E-state index in [0.717, 1.165) is 44.5 Å². The molecular weight excluding hydrogens is 657 g/mol. The number of aromatic hydroxyl groups is 4. The van der Waals surface area contributed by atoms with Crippen molar-refractivity contribution in [2.24, 2.45) is 0 Å². The molecule has 0 unspecified atom stereocenters. The molecule has 4 aromatic rings. The van der Waals surface area contributed by atoms with Gasteiger partial charge in [0.05, 0.1) is 32.3 Å². The van der Waals surface area contributed by atoms with Crippen molar-refractivity contribution < 1.29 is 20.4 Å². The molecule has 4 N–H and O–H groups in total. The minimum Gasteiger partial charge on any atom is -0.507 e. The Balaban J connectivity index is 1.89. The fourth-order valence-electron chi connectivity index (χ4n) is 6.67. The molecule has 5 rings (SSSR count). The summed E-state index contributed by atoms with van der Waals surface area (Å²) in [6.45, 7) is 27.8. The summed E-state index contributed by atoms with van der Waals surface area (Å²) in [7, 11) is -7.23. The lowest BCUT2D eigenvalue weighted by Crippen LogP contribution is -2.39. The summed E-state index contributed by atoms with van der Waals surface area (Å²) in [5.41, 5.74) is 6.43. The Labute approximate surface area is 292 Å². The van der Waals surface area contributed by atoms with Crippen molar-refractivity contribution in [2.45, 2.75) is 104 Å². The van der Waals surface area contributed by atoms with Crippen molar-refractivity contribution >= 4 is 53.0 Å². The molecule has 0 heterocycles. The summed E-state index contributed by atoms with van der Waals surface area (Å²) >= 11 is 0. The van der Waals surface area contributed by atoms with Crippen molar-refractivity contribution in [2.75, 3.05) is 0 Å². The lowest BCUT2D eigenvalue weighted by atomic mass is 9.91. The molecule has 8 bridgehead atoms. The smallest absolute Gasteiger partial charge is 0.122 e. The fraction of sp³-hybridized carbons (Fsp3) is 0.400. The molecule has 1 aliphatic carbocycles. The summed E-state index contributed by atoms with van der Waals surface area (Å²) in [5.74, 6) is 0.965. The Hall–Kier alpha value is -3.05. The first-order valence-corrected chi connectivity index (χ1v) is 31.3. The second kappa shape index (κ2) is 12.4. The van der Waals surface area contributed by atoms with Gasteiger partial charge in [0.1, 0.15) is 23.0 Å². The molecule has 0 aliphatic heterocycles. The molecular formula is C40H56O4Si4. The molecule has 256 valence electrons. The van der Waals surface area contributed by atoms with Gasteiger partial charge in [-0.15, -0.1) is 0 Å². The largest absolute Gasteiger partial charge is 0.507 e. The lowest BCUT2D eigenvalue weighted by Gasteiger charge is -2.26. The van der Waals surface area contributed by atoms with Crippen molar-refractivity contribution in [3.05, 3.63) is 93.0 Å². The molecule has 0 atom stereocenters. The van der Waals surface area contributed by atoms with Gasteiger partial charge in [0.15, 0.2) is 0 Å².